The fourth-order valence-corrected chi connectivity index (χ4v) is 3.13. The second-order valence-electron chi connectivity index (χ2n) is 6.79. The first-order valence-electron chi connectivity index (χ1n) is 8.83. The number of fused-ring (bicyclic) bond motifs is 1. The van der Waals surface area contributed by atoms with Crippen LogP contribution in [0, 0.1) is 0 Å². The maximum Gasteiger partial charge on any atom is 0.255 e. The van der Waals surface area contributed by atoms with E-state index in [1.54, 1.807) is 12.4 Å². The molecule has 0 atom stereocenters. The van der Waals surface area contributed by atoms with E-state index < -0.39 is 0 Å². The van der Waals surface area contributed by atoms with E-state index >= 15 is 0 Å². The first-order chi connectivity index (χ1) is 12.1. The van der Waals surface area contributed by atoms with Crippen molar-refractivity contribution < 1.29 is 4.79 Å². The van der Waals surface area contributed by atoms with E-state index in [2.05, 4.69) is 47.5 Å². The summed E-state index contributed by atoms with van der Waals surface area (Å²) >= 11 is 0. The van der Waals surface area contributed by atoms with Crippen LogP contribution in [0.1, 0.15) is 27.9 Å². The van der Waals surface area contributed by atoms with Gasteiger partial charge in [-0.1, -0.05) is 24.3 Å². The number of pyridine rings is 1. The summed E-state index contributed by atoms with van der Waals surface area (Å²) < 4.78 is 0. The lowest BCUT2D eigenvalue weighted by atomic mass is 9.99. The van der Waals surface area contributed by atoms with Gasteiger partial charge < -0.3 is 15.1 Å². The highest BCUT2D eigenvalue weighted by Crippen LogP contribution is 2.20. The zero-order chi connectivity index (χ0) is 17.6. The van der Waals surface area contributed by atoms with Gasteiger partial charge in [0.15, 0.2) is 0 Å². The van der Waals surface area contributed by atoms with Crippen LogP contribution in [-0.2, 0) is 13.0 Å². The molecule has 1 aromatic heterocycles. The normalized spacial score (nSPS) is 13.6. The van der Waals surface area contributed by atoms with E-state index in [9.17, 15) is 4.79 Å². The number of benzene rings is 1. The lowest BCUT2D eigenvalue weighted by Gasteiger charge is -2.29. The molecule has 3 rings (SSSR count). The van der Waals surface area contributed by atoms with Crippen LogP contribution in [-0.4, -0.2) is 54.4 Å². The van der Waals surface area contributed by atoms with Crippen molar-refractivity contribution in [1.29, 1.82) is 0 Å². The second kappa shape index (κ2) is 8.12. The van der Waals surface area contributed by atoms with E-state index in [4.69, 9.17) is 0 Å². The van der Waals surface area contributed by atoms with E-state index in [0.717, 1.165) is 38.2 Å². The highest BCUT2D eigenvalue weighted by molar-refractivity contribution is 5.94. The molecule has 0 fully saturated rings. The van der Waals surface area contributed by atoms with Crippen LogP contribution in [0.4, 0.5) is 5.69 Å². The van der Waals surface area contributed by atoms with Gasteiger partial charge in [0.05, 0.1) is 11.3 Å². The molecule has 0 saturated carbocycles. The predicted molar refractivity (Wildman–Crippen MR) is 101 cm³/mol. The van der Waals surface area contributed by atoms with Gasteiger partial charge in [0.25, 0.3) is 5.91 Å². The molecule has 5 nitrogen and oxygen atoms in total. The molecule has 5 heteroatoms. The van der Waals surface area contributed by atoms with Crippen LogP contribution in [0.25, 0.3) is 0 Å². The first-order valence-corrected chi connectivity index (χ1v) is 8.83. The number of amides is 1. The summed E-state index contributed by atoms with van der Waals surface area (Å²) in [6, 6.07) is 10.3. The Kier molecular flexibility index (Phi) is 5.66. The van der Waals surface area contributed by atoms with Gasteiger partial charge in [0, 0.05) is 32.0 Å². The second-order valence-corrected chi connectivity index (χ2v) is 6.79. The van der Waals surface area contributed by atoms with Crippen molar-refractivity contribution in [2.75, 3.05) is 39.0 Å². The topological polar surface area (TPSA) is 48.5 Å². The zero-order valence-corrected chi connectivity index (χ0v) is 15.0. The molecule has 132 valence electrons. The molecular weight excluding hydrogens is 312 g/mol. The Morgan fingerprint density at radius 1 is 1.24 bits per heavy atom. The molecule has 0 radical (unpaired) electrons. The number of aromatic nitrogens is 1. The summed E-state index contributed by atoms with van der Waals surface area (Å²) in [6.07, 6.45) is 5.40. The first kappa shape index (κ1) is 17.4. The van der Waals surface area contributed by atoms with Gasteiger partial charge in [-0.3, -0.25) is 9.78 Å². The number of hydrogen-bond donors (Lipinski definition) is 1. The lowest BCUT2D eigenvalue weighted by Crippen LogP contribution is -2.36. The van der Waals surface area contributed by atoms with Gasteiger partial charge >= 0.3 is 0 Å². The minimum absolute atomic E-state index is 0.0546. The fraction of sp³-hybridized carbons (Fsp3) is 0.400. The Labute approximate surface area is 149 Å². The Morgan fingerprint density at radius 2 is 2.04 bits per heavy atom. The van der Waals surface area contributed by atoms with Crippen LogP contribution >= 0.6 is 0 Å². The van der Waals surface area contributed by atoms with Gasteiger partial charge in [-0.15, -0.1) is 0 Å². The molecule has 0 saturated heterocycles. The number of carbonyl (C=O) groups is 1. The van der Waals surface area contributed by atoms with Crippen molar-refractivity contribution in [3.8, 4) is 0 Å². The molecule has 1 aliphatic heterocycles. The van der Waals surface area contributed by atoms with Gasteiger partial charge in [-0.2, -0.15) is 0 Å². The van der Waals surface area contributed by atoms with E-state index in [0.29, 0.717) is 12.1 Å². The number of anilines is 1. The molecular formula is C20H26N4O. The fourth-order valence-electron chi connectivity index (χ4n) is 3.13. The lowest BCUT2D eigenvalue weighted by molar-refractivity contribution is 0.0734. The Bertz CT molecular complexity index is 729. The van der Waals surface area contributed by atoms with Crippen LogP contribution in [0.5, 0.6) is 0 Å². The average molecular weight is 338 g/mol. The molecule has 2 heterocycles. The highest BCUT2D eigenvalue weighted by atomic mass is 16.2. The smallest absolute Gasteiger partial charge is 0.255 e. The Hall–Kier alpha value is -2.40. The number of hydrogen-bond acceptors (Lipinski definition) is 4. The van der Waals surface area contributed by atoms with Crippen molar-refractivity contribution in [2.24, 2.45) is 0 Å². The van der Waals surface area contributed by atoms with Crippen LogP contribution in [0.15, 0.2) is 42.7 Å². The van der Waals surface area contributed by atoms with E-state index in [1.807, 2.05) is 17.0 Å². The largest absolute Gasteiger partial charge is 0.384 e. The van der Waals surface area contributed by atoms with Crippen molar-refractivity contribution >= 4 is 11.6 Å². The van der Waals surface area contributed by atoms with Crippen LogP contribution in [0.2, 0.25) is 0 Å². The van der Waals surface area contributed by atoms with Crippen LogP contribution < -0.4 is 5.32 Å². The predicted octanol–water partition coefficient (Wildman–Crippen LogP) is 2.64. The summed E-state index contributed by atoms with van der Waals surface area (Å²) in [6.45, 7) is 3.34. The molecule has 0 spiro atoms. The van der Waals surface area contributed by atoms with Crippen molar-refractivity contribution in [2.45, 2.75) is 19.4 Å². The molecule has 0 bridgehead atoms. The summed E-state index contributed by atoms with van der Waals surface area (Å²) in [5.74, 6) is 0.0546. The van der Waals surface area contributed by atoms with Gasteiger partial charge in [-0.25, -0.2) is 0 Å². The molecule has 2 aromatic rings. The molecule has 0 aliphatic carbocycles. The van der Waals surface area contributed by atoms with Crippen molar-refractivity contribution in [1.82, 2.24) is 14.8 Å². The summed E-state index contributed by atoms with van der Waals surface area (Å²) in [7, 11) is 4.13. The van der Waals surface area contributed by atoms with Gasteiger partial charge in [0.1, 0.15) is 0 Å². The summed E-state index contributed by atoms with van der Waals surface area (Å²) in [5.41, 5.74) is 4.15. The number of nitrogens with zero attached hydrogens (tertiary/aromatic N) is 3. The van der Waals surface area contributed by atoms with E-state index in [1.165, 1.54) is 11.1 Å². The third-order valence-corrected chi connectivity index (χ3v) is 4.51. The Balaban J connectivity index is 1.62. The summed E-state index contributed by atoms with van der Waals surface area (Å²) in [4.78, 5) is 21.1. The molecule has 1 N–H and O–H groups in total. The van der Waals surface area contributed by atoms with Gasteiger partial charge in [-0.05, 0) is 50.7 Å². The maximum absolute atomic E-state index is 12.8. The van der Waals surface area contributed by atoms with Crippen LogP contribution in [0.3, 0.4) is 0 Å². The maximum atomic E-state index is 12.8. The summed E-state index contributed by atoms with van der Waals surface area (Å²) in [5, 5.41) is 3.35. The monoisotopic (exact) mass is 338 g/mol. The number of rotatable bonds is 6. The van der Waals surface area contributed by atoms with Gasteiger partial charge in [0.2, 0.25) is 0 Å². The zero-order valence-electron chi connectivity index (χ0n) is 15.0. The minimum atomic E-state index is 0.0546. The van der Waals surface area contributed by atoms with E-state index in [-0.39, 0.29) is 5.91 Å². The molecule has 0 unspecified atom stereocenters. The third kappa shape index (κ3) is 4.57. The van der Waals surface area contributed by atoms with Crippen molar-refractivity contribution in [3.63, 3.8) is 0 Å². The number of nitrogens with one attached hydrogen (secondary N) is 1. The highest BCUT2D eigenvalue weighted by Gasteiger charge is 2.21. The molecule has 1 amide bonds. The number of carbonyl (C=O) groups excluding carboxylic acids is 1. The SMILES string of the molecule is CN(C)CCCNc1cncc(C(=O)N2CCc3ccccc3C2)c1. The molecule has 25 heavy (non-hydrogen) atoms. The average Bonchev–Trinajstić information content (AvgIpc) is 2.64. The van der Waals surface area contributed by atoms with Crippen molar-refractivity contribution in [3.05, 3.63) is 59.4 Å². The minimum Gasteiger partial charge on any atom is -0.384 e. The third-order valence-electron chi connectivity index (χ3n) is 4.51. The quantitative estimate of drug-likeness (QED) is 0.823. The molecule has 1 aromatic carbocycles. The molecule has 1 aliphatic rings. The Morgan fingerprint density at radius 3 is 2.84 bits per heavy atom. The standard InChI is InChI=1S/C20H26N4O/c1-23(2)10-5-9-22-19-12-18(13-21-14-19)20(25)24-11-8-16-6-3-4-7-17(16)15-24/h3-4,6-7,12-14,22H,5,8-11,15H2,1-2H3.